The summed E-state index contributed by atoms with van der Waals surface area (Å²) < 4.78 is 5.19. The summed E-state index contributed by atoms with van der Waals surface area (Å²) in [5, 5.41) is 3.07. The number of primary amides is 1. The number of hydrogen-bond acceptors (Lipinski definition) is 3. The maximum atomic E-state index is 11.0. The van der Waals surface area contributed by atoms with Crippen LogP contribution in [-0.2, 0) is 9.53 Å². The highest BCUT2D eigenvalue weighted by molar-refractivity contribution is 5.80. The summed E-state index contributed by atoms with van der Waals surface area (Å²) in [6.45, 7) is 4.14. The van der Waals surface area contributed by atoms with Gasteiger partial charge >= 0.3 is 0 Å². The average Bonchev–Trinajstić information content (AvgIpc) is 2.51. The Bertz CT molecular complexity index is 155. The third-order valence-electron chi connectivity index (χ3n) is 2.17. The molecule has 0 radical (unpaired) electrons. The molecule has 0 aromatic rings. The number of nitrogens with two attached hydrogens (primary N) is 1. The molecule has 0 aliphatic carbocycles. The molecule has 1 aliphatic rings. The molecule has 1 rings (SSSR count). The van der Waals surface area contributed by atoms with Crippen molar-refractivity contribution in [2.45, 2.75) is 19.4 Å². The molecule has 1 amide bonds. The highest BCUT2D eigenvalue weighted by Crippen LogP contribution is 2.16. The molecule has 70 valence electrons. The molecular weight excluding hydrogens is 156 g/mol. The van der Waals surface area contributed by atoms with Crippen molar-refractivity contribution in [3.63, 3.8) is 0 Å². The molecule has 0 bridgehead atoms. The van der Waals surface area contributed by atoms with Crippen LogP contribution >= 0.6 is 0 Å². The molecule has 2 atom stereocenters. The van der Waals surface area contributed by atoms with E-state index in [1.807, 2.05) is 6.92 Å². The van der Waals surface area contributed by atoms with Crippen molar-refractivity contribution in [3.8, 4) is 0 Å². The lowest BCUT2D eigenvalue weighted by atomic mass is 9.98. The van der Waals surface area contributed by atoms with Crippen molar-refractivity contribution >= 4 is 5.91 Å². The number of hydrogen-bond donors (Lipinski definition) is 2. The normalized spacial score (nSPS) is 25.6. The van der Waals surface area contributed by atoms with Crippen LogP contribution in [0.25, 0.3) is 0 Å². The number of carbonyl (C=O) groups is 1. The lowest BCUT2D eigenvalue weighted by Crippen LogP contribution is -2.46. The molecule has 1 saturated heterocycles. The number of rotatable bonds is 4. The highest BCUT2D eigenvalue weighted by atomic mass is 16.5. The lowest BCUT2D eigenvalue weighted by Gasteiger charge is -2.19. The summed E-state index contributed by atoms with van der Waals surface area (Å²) in [6.07, 6.45) is 0.931. The second-order valence-electron chi connectivity index (χ2n) is 3.06. The Morgan fingerprint density at radius 1 is 1.83 bits per heavy atom. The number of carbonyl (C=O) groups excluding carboxylic acids is 1. The van der Waals surface area contributed by atoms with Gasteiger partial charge in [0.1, 0.15) is 0 Å². The molecule has 2 unspecified atom stereocenters. The molecule has 3 N–H and O–H groups in total. The Labute approximate surface area is 72.5 Å². The minimum Gasteiger partial charge on any atom is -0.381 e. The van der Waals surface area contributed by atoms with E-state index in [0.717, 1.165) is 19.6 Å². The minimum atomic E-state index is -0.271. The smallest absolute Gasteiger partial charge is 0.234 e. The zero-order valence-corrected chi connectivity index (χ0v) is 7.38. The molecule has 1 aliphatic heterocycles. The first kappa shape index (κ1) is 9.48. The molecule has 0 saturated carbocycles. The van der Waals surface area contributed by atoms with Crippen LogP contribution in [-0.4, -0.2) is 31.7 Å². The van der Waals surface area contributed by atoms with Crippen molar-refractivity contribution < 1.29 is 9.53 Å². The lowest BCUT2D eigenvalue weighted by molar-refractivity contribution is -0.121. The number of likely N-dealkylation sites (N-methyl/N-ethyl adjacent to an activating group) is 1. The van der Waals surface area contributed by atoms with E-state index in [0.29, 0.717) is 6.61 Å². The van der Waals surface area contributed by atoms with E-state index >= 15 is 0 Å². The van der Waals surface area contributed by atoms with Crippen LogP contribution in [0.3, 0.4) is 0 Å². The standard InChI is InChI=1S/C8H16N2O2/c1-2-10-7(8(9)11)6-3-4-12-5-6/h6-7,10H,2-5H2,1H3,(H2,9,11). The molecule has 0 spiro atoms. The second-order valence-corrected chi connectivity index (χ2v) is 3.06. The van der Waals surface area contributed by atoms with Crippen molar-refractivity contribution in [1.82, 2.24) is 5.32 Å². The van der Waals surface area contributed by atoms with Crippen LogP contribution in [0.5, 0.6) is 0 Å². The summed E-state index contributed by atoms with van der Waals surface area (Å²) in [7, 11) is 0. The summed E-state index contributed by atoms with van der Waals surface area (Å²) in [4.78, 5) is 11.0. The van der Waals surface area contributed by atoms with E-state index in [9.17, 15) is 4.79 Å². The minimum absolute atomic E-state index is 0.211. The van der Waals surface area contributed by atoms with Crippen molar-refractivity contribution in [2.75, 3.05) is 19.8 Å². The van der Waals surface area contributed by atoms with Crippen LogP contribution < -0.4 is 11.1 Å². The Hall–Kier alpha value is -0.610. The van der Waals surface area contributed by atoms with Gasteiger partial charge < -0.3 is 15.8 Å². The zero-order valence-electron chi connectivity index (χ0n) is 7.38. The van der Waals surface area contributed by atoms with Gasteiger partial charge in [-0.05, 0) is 13.0 Å². The van der Waals surface area contributed by atoms with Gasteiger partial charge in [0.2, 0.25) is 5.91 Å². The summed E-state index contributed by atoms with van der Waals surface area (Å²) in [5.74, 6) is -0.00481. The Kier molecular flexibility index (Phi) is 3.49. The Morgan fingerprint density at radius 3 is 3.00 bits per heavy atom. The van der Waals surface area contributed by atoms with E-state index in [-0.39, 0.29) is 17.9 Å². The van der Waals surface area contributed by atoms with Gasteiger partial charge in [0.05, 0.1) is 12.6 Å². The third-order valence-corrected chi connectivity index (χ3v) is 2.17. The molecule has 1 fully saturated rings. The van der Waals surface area contributed by atoms with Gasteiger partial charge in [-0.3, -0.25) is 4.79 Å². The average molecular weight is 172 g/mol. The SMILES string of the molecule is CCNC(C(N)=O)C1CCOC1. The topological polar surface area (TPSA) is 64.3 Å². The van der Waals surface area contributed by atoms with Crippen LogP contribution in [0.15, 0.2) is 0 Å². The third kappa shape index (κ3) is 2.19. The van der Waals surface area contributed by atoms with E-state index in [4.69, 9.17) is 10.5 Å². The summed E-state index contributed by atoms with van der Waals surface area (Å²) in [5.41, 5.74) is 5.25. The highest BCUT2D eigenvalue weighted by Gasteiger charge is 2.28. The van der Waals surface area contributed by atoms with Gasteiger partial charge in [-0.15, -0.1) is 0 Å². The van der Waals surface area contributed by atoms with Crippen molar-refractivity contribution in [2.24, 2.45) is 11.7 Å². The van der Waals surface area contributed by atoms with Crippen molar-refractivity contribution in [3.05, 3.63) is 0 Å². The molecule has 0 aromatic heterocycles. The quantitative estimate of drug-likeness (QED) is 0.600. The first-order valence-electron chi connectivity index (χ1n) is 4.36. The van der Waals surface area contributed by atoms with Crippen LogP contribution in [0.4, 0.5) is 0 Å². The maximum absolute atomic E-state index is 11.0. The van der Waals surface area contributed by atoms with E-state index in [2.05, 4.69) is 5.32 Å². The fourth-order valence-electron chi connectivity index (χ4n) is 1.54. The Balaban J connectivity index is 2.45. The van der Waals surface area contributed by atoms with E-state index in [1.54, 1.807) is 0 Å². The predicted molar refractivity (Wildman–Crippen MR) is 45.6 cm³/mol. The molecule has 4 nitrogen and oxygen atoms in total. The fraction of sp³-hybridized carbons (Fsp3) is 0.875. The molecular formula is C8H16N2O2. The predicted octanol–water partition coefficient (Wildman–Crippen LogP) is -0.514. The van der Waals surface area contributed by atoms with Gasteiger partial charge in [0.15, 0.2) is 0 Å². The Morgan fingerprint density at radius 2 is 2.58 bits per heavy atom. The van der Waals surface area contributed by atoms with Gasteiger partial charge in [-0.2, -0.15) is 0 Å². The summed E-state index contributed by atoms with van der Waals surface area (Å²) >= 11 is 0. The monoisotopic (exact) mass is 172 g/mol. The van der Waals surface area contributed by atoms with Gasteiger partial charge in [-0.1, -0.05) is 6.92 Å². The van der Waals surface area contributed by atoms with Crippen molar-refractivity contribution in [1.29, 1.82) is 0 Å². The maximum Gasteiger partial charge on any atom is 0.234 e. The van der Waals surface area contributed by atoms with Crippen LogP contribution in [0.1, 0.15) is 13.3 Å². The van der Waals surface area contributed by atoms with E-state index in [1.165, 1.54) is 0 Å². The zero-order chi connectivity index (χ0) is 8.97. The number of nitrogens with one attached hydrogen (secondary N) is 1. The van der Waals surface area contributed by atoms with Gasteiger partial charge in [-0.25, -0.2) is 0 Å². The molecule has 4 heteroatoms. The number of amides is 1. The molecule has 12 heavy (non-hydrogen) atoms. The first-order valence-corrected chi connectivity index (χ1v) is 4.36. The number of ether oxygens (including phenoxy) is 1. The fourth-order valence-corrected chi connectivity index (χ4v) is 1.54. The van der Waals surface area contributed by atoms with Gasteiger partial charge in [0.25, 0.3) is 0 Å². The van der Waals surface area contributed by atoms with E-state index < -0.39 is 0 Å². The van der Waals surface area contributed by atoms with Crippen LogP contribution in [0, 0.1) is 5.92 Å². The molecule has 0 aromatic carbocycles. The van der Waals surface area contributed by atoms with Crippen LogP contribution in [0.2, 0.25) is 0 Å². The molecule has 1 heterocycles. The summed E-state index contributed by atoms with van der Waals surface area (Å²) in [6, 6.07) is -0.211. The second kappa shape index (κ2) is 4.42. The largest absolute Gasteiger partial charge is 0.381 e. The first-order chi connectivity index (χ1) is 5.75. The van der Waals surface area contributed by atoms with Gasteiger partial charge in [0, 0.05) is 12.5 Å².